The van der Waals surface area contributed by atoms with Crippen LogP contribution in [0.1, 0.15) is 30.9 Å². The van der Waals surface area contributed by atoms with Gasteiger partial charge >= 0.3 is 0 Å². The second-order valence-electron chi connectivity index (χ2n) is 6.29. The molecule has 2 aliphatic heterocycles. The second kappa shape index (κ2) is 5.93. The van der Waals surface area contributed by atoms with Gasteiger partial charge in [0.1, 0.15) is 0 Å². The first-order chi connectivity index (χ1) is 10.0. The summed E-state index contributed by atoms with van der Waals surface area (Å²) in [4.78, 5) is 6.93. The predicted octanol–water partition coefficient (Wildman–Crippen LogP) is 1.49. The number of anilines is 1. The van der Waals surface area contributed by atoms with E-state index in [2.05, 4.69) is 28.3 Å². The van der Waals surface area contributed by atoms with Crippen LogP contribution in [0.3, 0.4) is 0 Å². The summed E-state index contributed by atoms with van der Waals surface area (Å²) in [5.74, 6) is 1.09. The maximum absolute atomic E-state index is 11.5. The van der Waals surface area contributed by atoms with Crippen LogP contribution < -0.4 is 5.32 Å². The number of hydrogen-bond donors (Lipinski definition) is 1. The average Bonchev–Trinajstić information content (AvgIpc) is 2.80. The molecule has 2 saturated heterocycles. The molecule has 1 atom stereocenters. The lowest BCUT2D eigenvalue weighted by Gasteiger charge is -2.28. The number of rotatable bonds is 3. The molecule has 5 nitrogen and oxygen atoms in total. The van der Waals surface area contributed by atoms with Gasteiger partial charge in [-0.05, 0) is 51.5 Å². The van der Waals surface area contributed by atoms with Crippen LogP contribution in [0.25, 0.3) is 0 Å². The van der Waals surface area contributed by atoms with E-state index in [4.69, 9.17) is 0 Å². The van der Waals surface area contributed by atoms with E-state index >= 15 is 0 Å². The predicted molar refractivity (Wildman–Crippen MR) is 84.4 cm³/mol. The van der Waals surface area contributed by atoms with Crippen LogP contribution in [0.5, 0.6) is 0 Å². The maximum atomic E-state index is 11.5. The minimum absolute atomic E-state index is 0.0333. The molecular weight excluding hydrogens is 286 g/mol. The minimum atomic E-state index is -2.83. The topological polar surface area (TPSA) is 62.3 Å². The number of hydrogen-bond acceptors (Lipinski definition) is 5. The van der Waals surface area contributed by atoms with Crippen LogP contribution >= 0.6 is 0 Å². The molecule has 1 N–H and O–H groups in total. The minimum Gasteiger partial charge on any atom is -0.380 e. The molecule has 6 heteroatoms. The smallest absolute Gasteiger partial charge is 0.152 e. The summed E-state index contributed by atoms with van der Waals surface area (Å²) < 4.78 is 22.9. The Morgan fingerprint density at radius 3 is 2.57 bits per heavy atom. The van der Waals surface area contributed by atoms with E-state index in [0.717, 1.165) is 37.3 Å². The van der Waals surface area contributed by atoms with E-state index in [9.17, 15) is 8.42 Å². The normalized spacial score (nSPS) is 26.8. The Labute approximate surface area is 126 Å². The van der Waals surface area contributed by atoms with Gasteiger partial charge in [0, 0.05) is 17.7 Å². The summed E-state index contributed by atoms with van der Waals surface area (Å²) in [5, 5.41) is 3.28. The average molecular weight is 309 g/mol. The van der Waals surface area contributed by atoms with E-state index in [1.165, 1.54) is 0 Å². The van der Waals surface area contributed by atoms with E-state index < -0.39 is 9.84 Å². The summed E-state index contributed by atoms with van der Waals surface area (Å²) in [6.07, 6.45) is 4.87. The third-order valence-electron chi connectivity index (χ3n) is 4.53. The van der Waals surface area contributed by atoms with Crippen LogP contribution in [-0.4, -0.2) is 56.0 Å². The highest BCUT2D eigenvalue weighted by molar-refractivity contribution is 7.91. The molecule has 2 fully saturated rings. The number of piperidine rings is 1. The van der Waals surface area contributed by atoms with Crippen LogP contribution in [0, 0.1) is 0 Å². The Hall–Kier alpha value is -1.14. The fourth-order valence-electron chi connectivity index (χ4n) is 3.18. The highest BCUT2D eigenvalue weighted by Crippen LogP contribution is 2.27. The first-order valence-electron chi connectivity index (χ1n) is 7.63. The van der Waals surface area contributed by atoms with Crippen molar-refractivity contribution in [3.63, 3.8) is 0 Å². The monoisotopic (exact) mass is 309 g/mol. The van der Waals surface area contributed by atoms with Gasteiger partial charge < -0.3 is 10.2 Å². The molecule has 1 aromatic rings. The zero-order valence-electron chi connectivity index (χ0n) is 12.5. The van der Waals surface area contributed by atoms with Crippen molar-refractivity contribution in [1.82, 2.24) is 9.88 Å². The van der Waals surface area contributed by atoms with Gasteiger partial charge in [-0.3, -0.25) is 4.98 Å². The van der Waals surface area contributed by atoms with Crippen molar-refractivity contribution in [2.45, 2.75) is 31.2 Å². The molecule has 0 amide bonds. The highest BCUT2D eigenvalue weighted by atomic mass is 32.2. The quantitative estimate of drug-likeness (QED) is 0.916. The molecule has 0 bridgehead atoms. The van der Waals surface area contributed by atoms with Gasteiger partial charge in [0.2, 0.25) is 0 Å². The van der Waals surface area contributed by atoms with Gasteiger partial charge in [-0.1, -0.05) is 0 Å². The van der Waals surface area contributed by atoms with Crippen molar-refractivity contribution < 1.29 is 8.42 Å². The molecule has 3 heterocycles. The molecule has 116 valence electrons. The Morgan fingerprint density at radius 2 is 2.00 bits per heavy atom. The number of nitrogens with one attached hydrogen (secondary N) is 1. The molecule has 2 aliphatic rings. The van der Waals surface area contributed by atoms with Crippen LogP contribution in [0.15, 0.2) is 18.3 Å². The van der Waals surface area contributed by atoms with Crippen molar-refractivity contribution >= 4 is 15.5 Å². The Bertz CT molecular complexity index is 577. The van der Waals surface area contributed by atoms with Crippen LogP contribution in [0.2, 0.25) is 0 Å². The van der Waals surface area contributed by atoms with Crippen LogP contribution in [-0.2, 0) is 9.84 Å². The molecule has 3 rings (SSSR count). The largest absolute Gasteiger partial charge is 0.380 e. The van der Waals surface area contributed by atoms with Gasteiger partial charge in [0.25, 0.3) is 0 Å². The van der Waals surface area contributed by atoms with E-state index in [1.807, 2.05) is 12.3 Å². The lowest BCUT2D eigenvalue weighted by molar-refractivity contribution is 0.253. The number of nitrogens with zero attached hydrogens (tertiary/aromatic N) is 2. The molecule has 0 radical (unpaired) electrons. The second-order valence-corrected chi connectivity index (χ2v) is 8.52. The van der Waals surface area contributed by atoms with E-state index in [-0.39, 0.29) is 11.8 Å². The summed E-state index contributed by atoms with van der Waals surface area (Å²) >= 11 is 0. The summed E-state index contributed by atoms with van der Waals surface area (Å²) in [6.45, 7) is 2.26. The molecule has 0 spiro atoms. The summed E-state index contributed by atoms with van der Waals surface area (Å²) in [7, 11) is -0.675. The Kier molecular flexibility index (Phi) is 4.17. The van der Waals surface area contributed by atoms with E-state index in [1.54, 1.807) is 0 Å². The Balaban J connectivity index is 1.59. The van der Waals surface area contributed by atoms with Crippen molar-refractivity contribution in [3.05, 3.63) is 24.0 Å². The molecule has 1 aromatic heterocycles. The molecule has 0 aromatic carbocycles. The molecule has 0 saturated carbocycles. The van der Waals surface area contributed by atoms with Crippen molar-refractivity contribution in [3.8, 4) is 0 Å². The number of sulfone groups is 1. The van der Waals surface area contributed by atoms with Gasteiger partial charge in [-0.2, -0.15) is 0 Å². The molecule has 21 heavy (non-hydrogen) atoms. The lowest BCUT2D eigenvalue weighted by atomic mass is 9.93. The maximum Gasteiger partial charge on any atom is 0.152 e. The van der Waals surface area contributed by atoms with Gasteiger partial charge in [0.15, 0.2) is 9.84 Å². The summed E-state index contributed by atoms with van der Waals surface area (Å²) in [5.41, 5.74) is 2.08. The highest BCUT2D eigenvalue weighted by Gasteiger charge is 2.27. The molecule has 0 unspecified atom stereocenters. The van der Waals surface area contributed by atoms with Gasteiger partial charge in [-0.25, -0.2) is 8.42 Å². The van der Waals surface area contributed by atoms with Gasteiger partial charge in [-0.15, -0.1) is 0 Å². The van der Waals surface area contributed by atoms with Crippen LogP contribution in [0.4, 0.5) is 5.69 Å². The molecular formula is C15H23N3O2S. The van der Waals surface area contributed by atoms with Crippen molar-refractivity contribution in [1.29, 1.82) is 0 Å². The third-order valence-corrected chi connectivity index (χ3v) is 6.29. The zero-order chi connectivity index (χ0) is 14.9. The van der Waals surface area contributed by atoms with Crippen molar-refractivity contribution in [2.75, 3.05) is 37.0 Å². The first kappa shape index (κ1) is 14.8. The number of pyridine rings is 1. The number of likely N-dealkylation sites (tertiary alicyclic amines) is 1. The van der Waals surface area contributed by atoms with Crippen molar-refractivity contribution in [2.24, 2.45) is 0 Å². The summed E-state index contributed by atoms with van der Waals surface area (Å²) in [6, 6.07) is 4.15. The first-order valence-corrected chi connectivity index (χ1v) is 9.45. The Morgan fingerprint density at radius 1 is 1.24 bits per heavy atom. The zero-order valence-corrected chi connectivity index (χ0v) is 13.3. The van der Waals surface area contributed by atoms with E-state index in [0.29, 0.717) is 18.1 Å². The fraction of sp³-hybridized carbons (Fsp3) is 0.667. The third kappa shape index (κ3) is 3.74. The number of aromatic nitrogens is 1. The molecule has 0 aliphatic carbocycles. The van der Waals surface area contributed by atoms with Gasteiger partial charge in [0.05, 0.1) is 23.4 Å². The standard InChI is InChI=1S/C15H23N3O2S/c1-18-7-4-12(5-8-18)15-3-2-13(10-16-15)17-14-6-9-21(19,20)11-14/h2-3,10,12,14,17H,4-9,11H2,1H3/t14-/m1/s1. The fourth-order valence-corrected chi connectivity index (χ4v) is 4.85. The SMILES string of the molecule is CN1CCC(c2ccc(N[C@@H]3CCS(=O)(=O)C3)cn2)CC1. The lowest BCUT2D eigenvalue weighted by Crippen LogP contribution is -2.29.